The molecule has 5 heteroatoms. The average molecular weight is 316 g/mol. The number of pyridine rings is 1. The zero-order valence-corrected chi connectivity index (χ0v) is 13.4. The summed E-state index contributed by atoms with van der Waals surface area (Å²) in [7, 11) is 0. The molecule has 1 aromatic carbocycles. The van der Waals surface area contributed by atoms with Crippen LogP contribution in [0, 0.1) is 13.8 Å². The quantitative estimate of drug-likeness (QED) is 0.402. The molecule has 0 radical (unpaired) electrons. The first-order chi connectivity index (χ1) is 10.1. The first-order valence-electron chi connectivity index (χ1n) is 6.61. The Morgan fingerprint density at radius 2 is 1.71 bits per heavy atom. The highest BCUT2D eigenvalue weighted by molar-refractivity contribution is 7.98. The summed E-state index contributed by atoms with van der Waals surface area (Å²) >= 11 is 7.84. The number of hydrogen-bond donors (Lipinski definition) is 0. The molecule has 0 atom stereocenters. The second-order valence-corrected chi connectivity index (χ2v) is 6.15. The molecule has 0 fully saturated rings. The van der Waals surface area contributed by atoms with Crippen LogP contribution < -0.4 is 0 Å². The molecule has 0 aliphatic rings. The average Bonchev–Trinajstić information content (AvgIpc) is 2.44. The lowest BCUT2D eigenvalue weighted by molar-refractivity contribution is 0.902. The molecule has 3 aromatic rings. The van der Waals surface area contributed by atoms with Crippen LogP contribution in [0.4, 0.5) is 0 Å². The highest BCUT2D eigenvalue weighted by atomic mass is 35.5. The van der Waals surface area contributed by atoms with Gasteiger partial charge in [-0.1, -0.05) is 41.6 Å². The van der Waals surface area contributed by atoms with Crippen molar-refractivity contribution >= 4 is 34.3 Å². The molecular weight excluding hydrogens is 302 g/mol. The fraction of sp³-hybridized carbons (Fsp3) is 0.188. The zero-order chi connectivity index (χ0) is 14.8. The van der Waals surface area contributed by atoms with Crippen molar-refractivity contribution < 1.29 is 0 Å². The summed E-state index contributed by atoms with van der Waals surface area (Å²) in [5.74, 6) is 0.708. The van der Waals surface area contributed by atoms with Gasteiger partial charge in [-0.05, 0) is 32.0 Å². The highest BCUT2D eigenvalue weighted by Crippen LogP contribution is 2.26. The number of aromatic nitrogens is 3. The van der Waals surface area contributed by atoms with Gasteiger partial charge in [0.15, 0.2) is 5.16 Å². The molecule has 2 heterocycles. The molecule has 0 saturated heterocycles. The Morgan fingerprint density at radius 3 is 2.48 bits per heavy atom. The molecule has 0 N–H and O–H groups in total. The van der Waals surface area contributed by atoms with Crippen LogP contribution in [0.2, 0.25) is 5.15 Å². The third-order valence-electron chi connectivity index (χ3n) is 3.07. The van der Waals surface area contributed by atoms with Crippen molar-refractivity contribution in [3.8, 4) is 0 Å². The van der Waals surface area contributed by atoms with Gasteiger partial charge in [-0.25, -0.2) is 15.0 Å². The van der Waals surface area contributed by atoms with Gasteiger partial charge < -0.3 is 0 Å². The monoisotopic (exact) mass is 315 g/mol. The summed E-state index contributed by atoms with van der Waals surface area (Å²) in [6.45, 7) is 3.95. The second kappa shape index (κ2) is 6.00. The van der Waals surface area contributed by atoms with Crippen molar-refractivity contribution in [1.82, 2.24) is 15.0 Å². The maximum atomic E-state index is 6.27. The third kappa shape index (κ3) is 3.34. The first kappa shape index (κ1) is 14.3. The molecule has 0 unspecified atom stereocenters. The molecule has 2 aromatic heterocycles. The first-order valence-corrected chi connectivity index (χ1v) is 7.97. The predicted octanol–water partition coefficient (Wildman–Crippen LogP) is 4.59. The SMILES string of the molecule is Cc1cc(C)nc(SCc2cc3ccccc3nc2Cl)n1. The minimum absolute atomic E-state index is 0.547. The van der Waals surface area contributed by atoms with E-state index in [9.17, 15) is 0 Å². The van der Waals surface area contributed by atoms with Crippen molar-refractivity contribution in [2.24, 2.45) is 0 Å². The van der Waals surface area contributed by atoms with Gasteiger partial charge >= 0.3 is 0 Å². The molecule has 0 saturated carbocycles. The van der Waals surface area contributed by atoms with Crippen molar-refractivity contribution in [3.05, 3.63) is 58.5 Å². The molecule has 3 rings (SSSR count). The van der Waals surface area contributed by atoms with E-state index < -0.39 is 0 Å². The minimum atomic E-state index is 0.547. The fourth-order valence-corrected chi connectivity index (χ4v) is 3.35. The number of hydrogen-bond acceptors (Lipinski definition) is 4. The van der Waals surface area contributed by atoms with Crippen LogP contribution in [0.25, 0.3) is 10.9 Å². The number of para-hydroxylation sites is 1. The zero-order valence-electron chi connectivity index (χ0n) is 11.8. The molecule has 3 nitrogen and oxygen atoms in total. The summed E-state index contributed by atoms with van der Waals surface area (Å²) in [6, 6.07) is 12.0. The summed E-state index contributed by atoms with van der Waals surface area (Å²) in [4.78, 5) is 13.3. The van der Waals surface area contributed by atoms with E-state index in [2.05, 4.69) is 21.0 Å². The van der Waals surface area contributed by atoms with Crippen LogP contribution in [-0.4, -0.2) is 15.0 Å². The maximum absolute atomic E-state index is 6.27. The van der Waals surface area contributed by atoms with Crippen LogP contribution >= 0.6 is 23.4 Å². The smallest absolute Gasteiger partial charge is 0.188 e. The third-order valence-corrected chi connectivity index (χ3v) is 4.29. The van der Waals surface area contributed by atoms with E-state index in [0.717, 1.165) is 33.0 Å². The number of benzene rings is 1. The number of aryl methyl sites for hydroxylation is 2. The Bertz CT molecular complexity index is 784. The van der Waals surface area contributed by atoms with Gasteiger partial charge in [0, 0.05) is 28.1 Å². The molecule has 0 spiro atoms. The fourth-order valence-electron chi connectivity index (χ4n) is 2.14. The highest BCUT2D eigenvalue weighted by Gasteiger charge is 2.07. The van der Waals surface area contributed by atoms with E-state index >= 15 is 0 Å². The molecule has 0 bridgehead atoms. The van der Waals surface area contributed by atoms with Crippen molar-refractivity contribution in [2.75, 3.05) is 0 Å². The number of halogens is 1. The topological polar surface area (TPSA) is 38.7 Å². The lowest BCUT2D eigenvalue weighted by Crippen LogP contribution is -1.94. The standard InChI is InChI=1S/C16H14ClN3S/c1-10-7-11(2)19-16(18-10)21-9-13-8-12-5-3-4-6-14(12)20-15(13)17/h3-8H,9H2,1-2H3. The van der Waals surface area contributed by atoms with Gasteiger partial charge in [-0.2, -0.15) is 0 Å². The Labute approximate surface area is 132 Å². The van der Waals surface area contributed by atoms with Crippen molar-refractivity contribution in [1.29, 1.82) is 0 Å². The largest absolute Gasteiger partial charge is 0.236 e. The van der Waals surface area contributed by atoms with Gasteiger partial charge in [0.1, 0.15) is 5.15 Å². The van der Waals surface area contributed by atoms with Gasteiger partial charge in [0.25, 0.3) is 0 Å². The molecule has 0 aliphatic carbocycles. The number of thioether (sulfide) groups is 1. The summed E-state index contributed by atoms with van der Waals surface area (Å²) in [6.07, 6.45) is 0. The van der Waals surface area contributed by atoms with Crippen LogP contribution in [0.15, 0.2) is 41.6 Å². The van der Waals surface area contributed by atoms with Crippen LogP contribution in [0.3, 0.4) is 0 Å². The van der Waals surface area contributed by atoms with Gasteiger partial charge in [0.2, 0.25) is 0 Å². The number of nitrogens with zero attached hydrogens (tertiary/aromatic N) is 3. The molecule has 106 valence electrons. The van der Waals surface area contributed by atoms with Crippen LogP contribution in [0.1, 0.15) is 17.0 Å². The van der Waals surface area contributed by atoms with Crippen molar-refractivity contribution in [3.63, 3.8) is 0 Å². The van der Waals surface area contributed by atoms with Crippen LogP contribution in [0.5, 0.6) is 0 Å². The summed E-state index contributed by atoms with van der Waals surface area (Å²) < 4.78 is 0. The summed E-state index contributed by atoms with van der Waals surface area (Å²) in [5.41, 5.74) is 3.88. The van der Waals surface area contributed by atoms with Gasteiger partial charge in [0.05, 0.1) is 5.52 Å². The number of rotatable bonds is 3. The molecule has 0 aliphatic heterocycles. The molecule has 0 amide bonds. The lowest BCUT2D eigenvalue weighted by atomic mass is 10.2. The lowest BCUT2D eigenvalue weighted by Gasteiger charge is -2.06. The van der Waals surface area contributed by atoms with E-state index in [4.69, 9.17) is 11.6 Å². The molecule has 21 heavy (non-hydrogen) atoms. The Hall–Kier alpha value is -1.65. The van der Waals surface area contributed by atoms with Gasteiger partial charge in [-0.15, -0.1) is 0 Å². The Balaban J connectivity index is 1.86. The molecular formula is C16H14ClN3S. The number of fused-ring (bicyclic) bond motifs is 1. The van der Waals surface area contributed by atoms with E-state index in [0.29, 0.717) is 10.9 Å². The van der Waals surface area contributed by atoms with E-state index in [1.54, 1.807) is 11.8 Å². The summed E-state index contributed by atoms with van der Waals surface area (Å²) in [5, 5.41) is 2.42. The minimum Gasteiger partial charge on any atom is -0.236 e. The second-order valence-electron chi connectivity index (χ2n) is 4.85. The van der Waals surface area contributed by atoms with E-state index in [1.165, 1.54) is 0 Å². The van der Waals surface area contributed by atoms with Crippen LogP contribution in [-0.2, 0) is 5.75 Å². The van der Waals surface area contributed by atoms with Crippen molar-refractivity contribution in [2.45, 2.75) is 24.8 Å². The Kier molecular flexibility index (Phi) is 4.08. The predicted molar refractivity (Wildman–Crippen MR) is 87.8 cm³/mol. The van der Waals surface area contributed by atoms with E-state index in [-0.39, 0.29) is 0 Å². The normalized spacial score (nSPS) is 11.0. The van der Waals surface area contributed by atoms with Gasteiger partial charge in [-0.3, -0.25) is 0 Å². The van der Waals surface area contributed by atoms with E-state index in [1.807, 2.05) is 44.2 Å². The Morgan fingerprint density at radius 1 is 1.00 bits per heavy atom. The maximum Gasteiger partial charge on any atom is 0.188 e.